The topological polar surface area (TPSA) is 9.23 Å². The van der Waals surface area contributed by atoms with Gasteiger partial charge in [0.25, 0.3) is 0 Å². The van der Waals surface area contributed by atoms with E-state index in [2.05, 4.69) is 37.0 Å². The maximum atomic E-state index is 5.19. The van der Waals surface area contributed by atoms with Crippen LogP contribution in [-0.4, -0.2) is 10.5 Å². The summed E-state index contributed by atoms with van der Waals surface area (Å²) in [5.41, 5.74) is 4.05. The van der Waals surface area contributed by atoms with E-state index in [1.165, 1.54) is 16.7 Å². The lowest BCUT2D eigenvalue weighted by atomic mass is 9.94. The summed E-state index contributed by atoms with van der Waals surface area (Å²) in [5.74, 6) is 0.929. The Bertz CT molecular complexity index is 345. The van der Waals surface area contributed by atoms with E-state index in [4.69, 9.17) is 4.43 Å². The molecule has 0 aromatic heterocycles. The number of benzene rings is 1. The van der Waals surface area contributed by atoms with E-state index in [9.17, 15) is 0 Å². The summed E-state index contributed by atoms with van der Waals surface area (Å²) in [6, 6.07) is 4.14. The van der Waals surface area contributed by atoms with Gasteiger partial charge >= 0.3 is 10.5 Å². The molecule has 0 aliphatic carbocycles. The number of hydrogen-bond acceptors (Lipinski definition) is 1. The second-order valence-corrected chi connectivity index (χ2v) is 3.69. The van der Waals surface area contributed by atoms with Crippen molar-refractivity contribution in [1.82, 2.24) is 0 Å². The van der Waals surface area contributed by atoms with Crippen LogP contribution in [0, 0.1) is 0 Å². The molecule has 0 fully saturated rings. The number of rotatable bonds is 5. The average molecular weight is 217 g/mol. The van der Waals surface area contributed by atoms with Crippen LogP contribution in [0.25, 0.3) is 0 Å². The Balaban J connectivity index is 3.27. The van der Waals surface area contributed by atoms with Crippen molar-refractivity contribution in [2.45, 2.75) is 33.1 Å². The van der Waals surface area contributed by atoms with E-state index < -0.39 is 0 Å². The molecule has 0 saturated heterocycles. The van der Waals surface area contributed by atoms with Crippen LogP contribution in [0.5, 0.6) is 5.75 Å². The van der Waals surface area contributed by atoms with Crippen molar-refractivity contribution in [1.29, 1.82) is 0 Å². The number of allylic oxidation sites excluding steroid dienone is 1. The highest BCUT2D eigenvalue weighted by molar-refractivity contribution is 6.00. The van der Waals surface area contributed by atoms with Crippen LogP contribution in [0.15, 0.2) is 24.8 Å². The van der Waals surface area contributed by atoms with Gasteiger partial charge in [-0.15, -0.1) is 6.58 Å². The lowest BCUT2D eigenvalue weighted by molar-refractivity contribution is 0.603. The average Bonchev–Trinajstić information content (AvgIpc) is 2.28. The van der Waals surface area contributed by atoms with Crippen molar-refractivity contribution < 1.29 is 4.43 Å². The summed E-state index contributed by atoms with van der Waals surface area (Å²) in [6.45, 7) is 8.12. The van der Waals surface area contributed by atoms with Crippen LogP contribution in [-0.2, 0) is 19.3 Å². The zero-order valence-corrected chi connectivity index (χ0v) is 10.5. The Morgan fingerprint density at radius 3 is 2.40 bits per heavy atom. The van der Waals surface area contributed by atoms with Crippen LogP contribution in [0.1, 0.15) is 30.5 Å². The summed E-state index contributed by atoms with van der Waals surface area (Å²) >= 11 is 0. The molecule has 15 heavy (non-hydrogen) atoms. The van der Waals surface area contributed by atoms with Crippen molar-refractivity contribution in [2.75, 3.05) is 0 Å². The largest absolute Gasteiger partial charge is 0.540 e. The van der Waals surface area contributed by atoms with Gasteiger partial charge in [-0.3, -0.25) is 0 Å². The molecule has 0 aliphatic heterocycles. The molecule has 0 saturated carbocycles. The van der Waals surface area contributed by atoms with Crippen LogP contribution < -0.4 is 4.43 Å². The molecule has 1 nitrogen and oxygen atoms in total. The van der Waals surface area contributed by atoms with E-state index in [0.717, 1.165) is 25.0 Å². The summed E-state index contributed by atoms with van der Waals surface area (Å²) in [4.78, 5) is 0. The molecule has 0 heterocycles. The maximum Gasteiger partial charge on any atom is 0.341 e. The normalized spacial score (nSPS) is 10.1. The zero-order valence-electron chi connectivity index (χ0n) is 9.47. The van der Waals surface area contributed by atoms with E-state index in [1.807, 2.05) is 12.1 Å². The quantitative estimate of drug-likeness (QED) is 0.544. The van der Waals surface area contributed by atoms with Crippen molar-refractivity contribution in [3.05, 3.63) is 41.5 Å². The molecular formula is C13H17OSi. The third-order valence-corrected chi connectivity index (χ3v) is 2.89. The van der Waals surface area contributed by atoms with E-state index in [-0.39, 0.29) is 0 Å². The summed E-state index contributed by atoms with van der Waals surface area (Å²) in [7, 11) is 3.10. The molecule has 1 aromatic carbocycles. The van der Waals surface area contributed by atoms with Gasteiger partial charge < -0.3 is 4.43 Å². The van der Waals surface area contributed by atoms with Gasteiger partial charge in [-0.1, -0.05) is 26.0 Å². The fourth-order valence-electron chi connectivity index (χ4n) is 1.99. The molecule has 1 rings (SSSR count). The molecule has 1 aromatic rings. The van der Waals surface area contributed by atoms with Crippen molar-refractivity contribution in [3.63, 3.8) is 0 Å². The number of hydrogen-bond donors (Lipinski definition) is 0. The Morgan fingerprint density at radius 1 is 1.27 bits per heavy atom. The lowest BCUT2D eigenvalue weighted by Crippen LogP contribution is -2.01. The predicted octanol–water partition coefficient (Wildman–Crippen LogP) is 3.00. The van der Waals surface area contributed by atoms with Gasteiger partial charge in [-0.2, -0.15) is 0 Å². The third-order valence-electron chi connectivity index (χ3n) is 2.67. The molecule has 0 amide bonds. The fourth-order valence-corrected chi connectivity index (χ4v) is 2.18. The minimum atomic E-state index is 0.929. The van der Waals surface area contributed by atoms with Gasteiger partial charge in [-0.25, -0.2) is 0 Å². The second kappa shape index (κ2) is 5.76. The molecule has 0 unspecified atom stereocenters. The summed E-state index contributed by atoms with van der Waals surface area (Å²) in [5, 5.41) is 0. The Labute approximate surface area is 95.7 Å². The highest BCUT2D eigenvalue weighted by Crippen LogP contribution is 2.27. The van der Waals surface area contributed by atoms with E-state index >= 15 is 0 Å². The summed E-state index contributed by atoms with van der Waals surface area (Å²) < 4.78 is 5.19. The third kappa shape index (κ3) is 2.51. The fraction of sp³-hybridized carbons (Fsp3) is 0.385. The molecule has 0 atom stereocenters. The van der Waals surface area contributed by atoms with Crippen LogP contribution >= 0.6 is 0 Å². The van der Waals surface area contributed by atoms with Crippen molar-refractivity contribution in [3.8, 4) is 5.75 Å². The van der Waals surface area contributed by atoms with Crippen LogP contribution in [0.3, 0.4) is 0 Å². The zero-order chi connectivity index (χ0) is 11.3. The Morgan fingerprint density at radius 2 is 1.93 bits per heavy atom. The highest BCUT2D eigenvalue weighted by Gasteiger charge is 2.09. The monoisotopic (exact) mass is 217 g/mol. The molecule has 2 heteroatoms. The van der Waals surface area contributed by atoms with Gasteiger partial charge in [0.1, 0.15) is 5.75 Å². The summed E-state index contributed by atoms with van der Waals surface area (Å²) in [6.07, 6.45) is 4.91. The van der Waals surface area contributed by atoms with Crippen LogP contribution in [0.4, 0.5) is 0 Å². The van der Waals surface area contributed by atoms with Crippen molar-refractivity contribution in [2.24, 2.45) is 0 Å². The molecule has 0 spiro atoms. The highest BCUT2D eigenvalue weighted by atomic mass is 28.2. The molecule has 3 radical (unpaired) electrons. The first-order chi connectivity index (χ1) is 7.28. The van der Waals surface area contributed by atoms with E-state index in [1.54, 1.807) is 0 Å². The minimum absolute atomic E-state index is 0.929. The van der Waals surface area contributed by atoms with Crippen LogP contribution in [0.2, 0.25) is 0 Å². The second-order valence-electron chi connectivity index (χ2n) is 3.48. The predicted molar refractivity (Wildman–Crippen MR) is 65.5 cm³/mol. The first kappa shape index (κ1) is 12.0. The van der Waals surface area contributed by atoms with E-state index in [0.29, 0.717) is 0 Å². The van der Waals surface area contributed by atoms with Gasteiger partial charge in [0.15, 0.2) is 0 Å². The van der Waals surface area contributed by atoms with Crippen molar-refractivity contribution >= 4 is 10.5 Å². The molecule has 79 valence electrons. The Hall–Kier alpha value is -1.02. The first-order valence-corrected chi connectivity index (χ1v) is 5.77. The van der Waals surface area contributed by atoms with Gasteiger partial charge in [-0.05, 0) is 42.0 Å². The molecule has 0 N–H and O–H groups in total. The Kier molecular flexibility index (Phi) is 4.63. The molecule has 0 aliphatic rings. The maximum absolute atomic E-state index is 5.19. The molecular weight excluding hydrogens is 200 g/mol. The molecule has 0 bridgehead atoms. The minimum Gasteiger partial charge on any atom is -0.540 e. The van der Waals surface area contributed by atoms with Gasteiger partial charge in [0, 0.05) is 0 Å². The SMILES string of the molecule is C=CCc1ccc(O[Si])c(CC)c1CC. The standard InChI is InChI=1S/C13H17OSi/c1-4-7-10-8-9-13(14-15)12(6-3)11(10)5-2/h4,8-9H,1,5-7H2,2-3H3. The smallest absolute Gasteiger partial charge is 0.341 e. The lowest BCUT2D eigenvalue weighted by Gasteiger charge is -2.15. The van der Waals surface area contributed by atoms with Gasteiger partial charge in [0.05, 0.1) is 0 Å². The van der Waals surface area contributed by atoms with Gasteiger partial charge in [0.2, 0.25) is 0 Å². The first-order valence-electron chi connectivity index (χ1n) is 5.36.